The molecule has 2 rings (SSSR count). The maximum Gasteiger partial charge on any atom is 0.306 e. The highest BCUT2D eigenvalue weighted by atomic mass is 16.4. The van der Waals surface area contributed by atoms with Crippen molar-refractivity contribution >= 4 is 5.97 Å². The molecule has 0 spiro atoms. The van der Waals surface area contributed by atoms with Gasteiger partial charge < -0.3 is 15.5 Å². The molecule has 0 aliphatic heterocycles. The first-order valence-electron chi connectivity index (χ1n) is 6.63. The molecule has 1 aromatic heterocycles. The molecule has 1 fully saturated rings. The Morgan fingerprint density at radius 2 is 2.26 bits per heavy atom. The predicted octanol–water partition coefficient (Wildman–Crippen LogP) is 0.516. The number of carbonyl (C=O) groups is 1. The third kappa shape index (κ3) is 3.54. The van der Waals surface area contributed by atoms with Crippen LogP contribution >= 0.6 is 0 Å². The van der Waals surface area contributed by atoms with E-state index in [2.05, 4.69) is 10.4 Å². The SMILES string of the molecule is Cn1nccc1CNCC1(O)CCC(C(=O)O)CC1. The summed E-state index contributed by atoms with van der Waals surface area (Å²) in [4.78, 5) is 10.9. The van der Waals surface area contributed by atoms with Gasteiger partial charge in [-0.15, -0.1) is 0 Å². The van der Waals surface area contributed by atoms with Gasteiger partial charge in [0.1, 0.15) is 0 Å². The summed E-state index contributed by atoms with van der Waals surface area (Å²) < 4.78 is 1.79. The Bertz CT molecular complexity index is 436. The van der Waals surface area contributed by atoms with Crippen LogP contribution in [0, 0.1) is 5.92 Å². The number of carboxylic acids is 1. The number of aryl methyl sites for hydroxylation is 1. The van der Waals surface area contributed by atoms with Crippen molar-refractivity contribution in [3.8, 4) is 0 Å². The normalized spacial score (nSPS) is 27.4. The number of aliphatic hydroxyl groups is 1. The van der Waals surface area contributed by atoms with Crippen LogP contribution < -0.4 is 5.32 Å². The zero-order valence-electron chi connectivity index (χ0n) is 11.2. The third-order valence-corrected chi connectivity index (χ3v) is 3.95. The lowest BCUT2D eigenvalue weighted by Crippen LogP contribution is -2.44. The molecular formula is C13H21N3O3. The summed E-state index contributed by atoms with van der Waals surface area (Å²) in [5, 5.41) is 26.6. The molecule has 6 nitrogen and oxygen atoms in total. The maximum absolute atomic E-state index is 10.9. The van der Waals surface area contributed by atoms with E-state index in [4.69, 9.17) is 5.11 Å². The number of hydrogen-bond donors (Lipinski definition) is 3. The van der Waals surface area contributed by atoms with Gasteiger partial charge in [0, 0.05) is 26.3 Å². The predicted molar refractivity (Wildman–Crippen MR) is 69.5 cm³/mol. The zero-order chi connectivity index (χ0) is 13.9. The molecule has 0 bridgehead atoms. The Morgan fingerprint density at radius 1 is 1.58 bits per heavy atom. The smallest absolute Gasteiger partial charge is 0.306 e. The Labute approximate surface area is 112 Å². The van der Waals surface area contributed by atoms with Gasteiger partial charge in [-0.05, 0) is 31.7 Å². The fourth-order valence-corrected chi connectivity index (χ4v) is 2.58. The number of nitrogens with zero attached hydrogens (tertiary/aromatic N) is 2. The van der Waals surface area contributed by atoms with E-state index in [1.807, 2.05) is 13.1 Å². The monoisotopic (exact) mass is 267 g/mol. The molecule has 0 unspecified atom stereocenters. The fourth-order valence-electron chi connectivity index (χ4n) is 2.58. The van der Waals surface area contributed by atoms with Crippen molar-refractivity contribution in [1.29, 1.82) is 0 Å². The molecule has 1 aliphatic rings. The minimum atomic E-state index is -0.773. The van der Waals surface area contributed by atoms with Crippen molar-refractivity contribution < 1.29 is 15.0 Å². The van der Waals surface area contributed by atoms with Gasteiger partial charge in [0.2, 0.25) is 0 Å². The van der Waals surface area contributed by atoms with E-state index in [0.717, 1.165) is 5.69 Å². The molecule has 1 aliphatic carbocycles. The highest BCUT2D eigenvalue weighted by Gasteiger charge is 2.35. The lowest BCUT2D eigenvalue weighted by atomic mass is 9.79. The van der Waals surface area contributed by atoms with Crippen LogP contribution in [0.5, 0.6) is 0 Å². The van der Waals surface area contributed by atoms with Gasteiger partial charge in [-0.25, -0.2) is 0 Å². The van der Waals surface area contributed by atoms with Gasteiger partial charge in [0.25, 0.3) is 0 Å². The van der Waals surface area contributed by atoms with Gasteiger partial charge in [-0.3, -0.25) is 9.48 Å². The van der Waals surface area contributed by atoms with E-state index in [1.165, 1.54) is 0 Å². The van der Waals surface area contributed by atoms with Gasteiger partial charge in [0.05, 0.1) is 17.2 Å². The van der Waals surface area contributed by atoms with Gasteiger partial charge in [0.15, 0.2) is 0 Å². The van der Waals surface area contributed by atoms with Crippen LogP contribution in [0.25, 0.3) is 0 Å². The number of rotatable bonds is 5. The van der Waals surface area contributed by atoms with E-state index >= 15 is 0 Å². The number of aliphatic carboxylic acids is 1. The molecule has 106 valence electrons. The molecule has 0 amide bonds. The van der Waals surface area contributed by atoms with E-state index in [1.54, 1.807) is 10.9 Å². The van der Waals surface area contributed by atoms with Crippen LogP contribution in [0.2, 0.25) is 0 Å². The Kier molecular flexibility index (Phi) is 4.21. The van der Waals surface area contributed by atoms with E-state index in [9.17, 15) is 9.90 Å². The standard InChI is InChI=1S/C13H21N3O3/c1-16-11(4-7-15-16)8-14-9-13(19)5-2-10(3-6-13)12(17)18/h4,7,10,14,19H,2-3,5-6,8-9H2,1H3,(H,17,18). The quantitative estimate of drug-likeness (QED) is 0.724. The summed E-state index contributed by atoms with van der Waals surface area (Å²) in [6.07, 6.45) is 3.94. The van der Waals surface area contributed by atoms with Crippen molar-refractivity contribution in [2.24, 2.45) is 13.0 Å². The highest BCUT2D eigenvalue weighted by molar-refractivity contribution is 5.70. The van der Waals surface area contributed by atoms with Crippen LogP contribution in [0.15, 0.2) is 12.3 Å². The molecule has 19 heavy (non-hydrogen) atoms. The first-order chi connectivity index (χ1) is 9.00. The van der Waals surface area contributed by atoms with Crippen LogP contribution in [-0.4, -0.2) is 38.1 Å². The van der Waals surface area contributed by atoms with Crippen LogP contribution in [0.3, 0.4) is 0 Å². The highest BCUT2D eigenvalue weighted by Crippen LogP contribution is 2.31. The molecule has 0 saturated heterocycles. The Balaban J connectivity index is 1.77. The average Bonchev–Trinajstić information content (AvgIpc) is 2.75. The first kappa shape index (κ1) is 14.0. The van der Waals surface area contributed by atoms with Crippen molar-refractivity contribution in [3.63, 3.8) is 0 Å². The number of hydrogen-bond acceptors (Lipinski definition) is 4. The first-order valence-corrected chi connectivity index (χ1v) is 6.63. The Morgan fingerprint density at radius 3 is 2.79 bits per heavy atom. The topological polar surface area (TPSA) is 87.4 Å². The molecule has 1 aromatic rings. The molecule has 3 N–H and O–H groups in total. The van der Waals surface area contributed by atoms with Gasteiger partial charge in [-0.1, -0.05) is 0 Å². The number of aromatic nitrogens is 2. The average molecular weight is 267 g/mol. The summed E-state index contributed by atoms with van der Waals surface area (Å²) in [6, 6.07) is 1.93. The lowest BCUT2D eigenvalue weighted by Gasteiger charge is -2.34. The van der Waals surface area contributed by atoms with E-state index in [-0.39, 0.29) is 5.92 Å². The molecule has 0 aromatic carbocycles. The molecule has 6 heteroatoms. The number of nitrogens with one attached hydrogen (secondary N) is 1. The largest absolute Gasteiger partial charge is 0.481 e. The molecule has 0 atom stereocenters. The summed E-state index contributed by atoms with van der Waals surface area (Å²) in [7, 11) is 1.88. The minimum Gasteiger partial charge on any atom is -0.481 e. The van der Waals surface area contributed by atoms with Gasteiger partial charge >= 0.3 is 5.97 Å². The number of carboxylic acid groups (broad SMARTS) is 1. The summed E-state index contributed by atoms with van der Waals surface area (Å²) in [5.41, 5.74) is 0.285. The second kappa shape index (κ2) is 5.71. The molecule has 1 saturated carbocycles. The van der Waals surface area contributed by atoms with Crippen LogP contribution in [-0.2, 0) is 18.4 Å². The zero-order valence-corrected chi connectivity index (χ0v) is 11.2. The van der Waals surface area contributed by atoms with Crippen molar-refractivity contribution in [2.75, 3.05) is 6.54 Å². The van der Waals surface area contributed by atoms with Crippen molar-refractivity contribution in [3.05, 3.63) is 18.0 Å². The Hall–Kier alpha value is -1.40. The van der Waals surface area contributed by atoms with E-state index < -0.39 is 11.6 Å². The van der Waals surface area contributed by atoms with Crippen LogP contribution in [0.4, 0.5) is 0 Å². The fraction of sp³-hybridized carbons (Fsp3) is 0.692. The summed E-state index contributed by atoms with van der Waals surface area (Å²) >= 11 is 0. The van der Waals surface area contributed by atoms with Gasteiger partial charge in [-0.2, -0.15) is 5.10 Å². The van der Waals surface area contributed by atoms with Crippen LogP contribution in [0.1, 0.15) is 31.4 Å². The van der Waals surface area contributed by atoms with E-state index in [0.29, 0.717) is 38.8 Å². The second-order valence-electron chi connectivity index (χ2n) is 5.39. The lowest BCUT2D eigenvalue weighted by molar-refractivity contribution is -0.144. The molecular weight excluding hydrogens is 246 g/mol. The maximum atomic E-state index is 10.9. The summed E-state index contributed by atoms with van der Waals surface area (Å²) in [5.74, 6) is -1.04. The second-order valence-corrected chi connectivity index (χ2v) is 5.39. The van der Waals surface area contributed by atoms with Crippen molar-refractivity contribution in [1.82, 2.24) is 15.1 Å². The third-order valence-electron chi connectivity index (χ3n) is 3.95. The molecule has 1 heterocycles. The molecule has 0 radical (unpaired) electrons. The summed E-state index contributed by atoms with van der Waals surface area (Å²) in [6.45, 7) is 1.14. The minimum absolute atomic E-state index is 0.294. The van der Waals surface area contributed by atoms with Crippen molar-refractivity contribution in [2.45, 2.75) is 37.8 Å².